The monoisotopic (exact) mass is 435 g/mol. The molecular formula is C25H29N3O2S. The first kappa shape index (κ1) is 20.5. The number of benzene rings is 2. The van der Waals surface area contributed by atoms with Crippen LogP contribution < -0.4 is 10.1 Å². The Kier molecular flexibility index (Phi) is 5.92. The Labute approximate surface area is 187 Å². The van der Waals surface area contributed by atoms with Gasteiger partial charge in [-0.15, -0.1) is 11.3 Å². The number of aromatic nitrogens is 1. The molecule has 2 aromatic carbocycles. The van der Waals surface area contributed by atoms with Gasteiger partial charge in [0, 0.05) is 38.0 Å². The van der Waals surface area contributed by atoms with Crippen LogP contribution in [0.5, 0.6) is 5.75 Å². The van der Waals surface area contributed by atoms with Crippen molar-refractivity contribution < 1.29 is 9.53 Å². The Balaban J connectivity index is 1.11. The van der Waals surface area contributed by atoms with Crippen molar-refractivity contribution in [1.82, 2.24) is 15.2 Å². The molecule has 2 aliphatic rings. The molecule has 0 aliphatic carbocycles. The number of ether oxygens (including phenoxy) is 1. The van der Waals surface area contributed by atoms with Crippen LogP contribution in [0.3, 0.4) is 0 Å². The number of fused-ring (bicyclic) bond motifs is 3. The van der Waals surface area contributed by atoms with E-state index in [4.69, 9.17) is 9.72 Å². The molecule has 2 saturated heterocycles. The molecule has 1 amide bonds. The van der Waals surface area contributed by atoms with Gasteiger partial charge in [0.25, 0.3) is 0 Å². The quantitative estimate of drug-likeness (QED) is 0.598. The van der Waals surface area contributed by atoms with Gasteiger partial charge in [-0.1, -0.05) is 24.3 Å². The van der Waals surface area contributed by atoms with Crippen LogP contribution in [0.4, 0.5) is 0 Å². The van der Waals surface area contributed by atoms with E-state index in [1.807, 2.05) is 6.07 Å². The molecule has 0 spiro atoms. The highest BCUT2D eigenvalue weighted by atomic mass is 32.1. The number of nitrogens with zero attached hydrogens (tertiary/aromatic N) is 2. The lowest BCUT2D eigenvalue weighted by Crippen LogP contribution is -2.51. The van der Waals surface area contributed by atoms with Gasteiger partial charge in [0.1, 0.15) is 12.4 Å². The lowest BCUT2D eigenvalue weighted by Gasteiger charge is -2.39. The van der Waals surface area contributed by atoms with Crippen LogP contribution in [0, 0.1) is 0 Å². The van der Waals surface area contributed by atoms with E-state index < -0.39 is 0 Å². The fourth-order valence-corrected chi connectivity index (χ4v) is 6.19. The SMILES string of the molecule is CC(=O)N[C@H]1C[C@H]2CC[C@@H](C1)N2CCOc1ccc(Cc2nc3ccccc3s2)cc1. The smallest absolute Gasteiger partial charge is 0.217 e. The first-order chi connectivity index (χ1) is 15.1. The van der Waals surface area contributed by atoms with Gasteiger partial charge in [-0.25, -0.2) is 4.98 Å². The second-order valence-electron chi connectivity index (χ2n) is 8.74. The van der Waals surface area contributed by atoms with Crippen LogP contribution in [0.2, 0.25) is 0 Å². The van der Waals surface area contributed by atoms with E-state index in [0.717, 1.165) is 42.1 Å². The molecule has 3 heterocycles. The van der Waals surface area contributed by atoms with Crippen LogP contribution >= 0.6 is 11.3 Å². The maximum atomic E-state index is 11.4. The third-order valence-corrected chi connectivity index (χ3v) is 7.56. The highest BCUT2D eigenvalue weighted by Gasteiger charge is 2.40. The number of rotatable bonds is 7. The van der Waals surface area contributed by atoms with Crippen LogP contribution in [0.25, 0.3) is 10.2 Å². The molecule has 0 saturated carbocycles. The lowest BCUT2D eigenvalue weighted by molar-refractivity contribution is -0.120. The van der Waals surface area contributed by atoms with Crippen LogP contribution in [-0.2, 0) is 11.2 Å². The van der Waals surface area contributed by atoms with E-state index in [-0.39, 0.29) is 5.91 Å². The zero-order valence-corrected chi connectivity index (χ0v) is 18.7. The van der Waals surface area contributed by atoms with Crippen molar-refractivity contribution in [3.05, 3.63) is 59.1 Å². The van der Waals surface area contributed by atoms with E-state index in [0.29, 0.717) is 24.7 Å². The number of amides is 1. The van der Waals surface area contributed by atoms with Crippen molar-refractivity contribution in [3.8, 4) is 5.75 Å². The minimum Gasteiger partial charge on any atom is -0.492 e. The predicted octanol–water partition coefficient (Wildman–Crippen LogP) is 4.40. The normalized spacial score (nSPS) is 23.2. The fourth-order valence-electron chi connectivity index (χ4n) is 5.19. The van der Waals surface area contributed by atoms with Gasteiger partial charge < -0.3 is 10.1 Å². The molecule has 5 nitrogen and oxygen atoms in total. The molecule has 5 rings (SSSR count). The topological polar surface area (TPSA) is 54.5 Å². The highest BCUT2D eigenvalue weighted by Crippen LogP contribution is 2.35. The summed E-state index contributed by atoms with van der Waals surface area (Å²) in [6, 6.07) is 18.2. The van der Waals surface area contributed by atoms with Crippen LogP contribution in [0.1, 0.15) is 43.2 Å². The number of carbonyl (C=O) groups is 1. The minimum absolute atomic E-state index is 0.0905. The van der Waals surface area contributed by atoms with Crippen LogP contribution in [-0.4, -0.2) is 47.1 Å². The Bertz CT molecular complexity index is 1000. The van der Waals surface area contributed by atoms with Crippen molar-refractivity contribution in [2.75, 3.05) is 13.2 Å². The van der Waals surface area contributed by atoms with E-state index >= 15 is 0 Å². The van der Waals surface area contributed by atoms with Crippen molar-refractivity contribution in [2.24, 2.45) is 0 Å². The van der Waals surface area contributed by atoms with Crippen LogP contribution in [0.15, 0.2) is 48.5 Å². The number of nitrogens with one attached hydrogen (secondary N) is 1. The minimum atomic E-state index is 0.0905. The Morgan fingerprint density at radius 3 is 2.58 bits per heavy atom. The molecule has 31 heavy (non-hydrogen) atoms. The largest absolute Gasteiger partial charge is 0.492 e. The van der Waals surface area contributed by atoms with Crippen molar-refractivity contribution in [2.45, 2.75) is 57.2 Å². The Hall–Kier alpha value is -2.44. The molecule has 0 unspecified atom stereocenters. The van der Waals surface area contributed by atoms with Gasteiger partial charge in [-0.3, -0.25) is 9.69 Å². The third kappa shape index (κ3) is 4.75. The number of hydrogen-bond acceptors (Lipinski definition) is 5. The van der Waals surface area contributed by atoms with Gasteiger partial charge in [0.05, 0.1) is 15.2 Å². The second kappa shape index (κ2) is 8.97. The summed E-state index contributed by atoms with van der Waals surface area (Å²) in [7, 11) is 0. The van der Waals surface area contributed by atoms with Crippen molar-refractivity contribution in [1.29, 1.82) is 0 Å². The summed E-state index contributed by atoms with van der Waals surface area (Å²) >= 11 is 1.76. The van der Waals surface area contributed by atoms with E-state index in [1.165, 1.54) is 23.1 Å². The maximum absolute atomic E-state index is 11.4. The first-order valence-corrected chi connectivity index (χ1v) is 12.0. The molecule has 2 bridgehead atoms. The summed E-state index contributed by atoms with van der Waals surface area (Å²) in [6.45, 7) is 3.27. The average molecular weight is 436 g/mol. The molecular weight excluding hydrogens is 406 g/mol. The Morgan fingerprint density at radius 1 is 1.13 bits per heavy atom. The lowest BCUT2D eigenvalue weighted by atomic mass is 9.97. The van der Waals surface area contributed by atoms with E-state index in [9.17, 15) is 4.79 Å². The molecule has 2 fully saturated rings. The number of carbonyl (C=O) groups excluding carboxylic acids is 1. The molecule has 1 aromatic heterocycles. The average Bonchev–Trinajstić information content (AvgIpc) is 3.26. The number of hydrogen-bond donors (Lipinski definition) is 1. The predicted molar refractivity (Wildman–Crippen MR) is 125 cm³/mol. The fraction of sp³-hybridized carbons (Fsp3) is 0.440. The number of piperidine rings is 1. The van der Waals surface area contributed by atoms with E-state index in [2.05, 4.69) is 52.7 Å². The molecule has 1 N–H and O–H groups in total. The third-order valence-electron chi connectivity index (χ3n) is 6.53. The van der Waals surface area contributed by atoms with E-state index in [1.54, 1.807) is 18.3 Å². The molecule has 3 aromatic rings. The van der Waals surface area contributed by atoms with Gasteiger partial charge >= 0.3 is 0 Å². The summed E-state index contributed by atoms with van der Waals surface area (Å²) in [5, 5.41) is 4.26. The summed E-state index contributed by atoms with van der Waals surface area (Å²) in [6.07, 6.45) is 5.46. The zero-order valence-electron chi connectivity index (χ0n) is 17.9. The number of para-hydroxylation sites is 1. The molecule has 6 heteroatoms. The highest BCUT2D eigenvalue weighted by molar-refractivity contribution is 7.18. The molecule has 2 aliphatic heterocycles. The van der Waals surface area contributed by atoms with Gasteiger partial charge in [0.2, 0.25) is 5.91 Å². The van der Waals surface area contributed by atoms with Gasteiger partial charge in [-0.05, 0) is 55.5 Å². The summed E-state index contributed by atoms with van der Waals surface area (Å²) in [5.74, 6) is 1.02. The molecule has 3 atom stereocenters. The second-order valence-corrected chi connectivity index (χ2v) is 9.85. The molecule has 162 valence electrons. The maximum Gasteiger partial charge on any atom is 0.217 e. The van der Waals surface area contributed by atoms with Crippen molar-refractivity contribution in [3.63, 3.8) is 0 Å². The first-order valence-electron chi connectivity index (χ1n) is 11.2. The summed E-state index contributed by atoms with van der Waals surface area (Å²) < 4.78 is 7.30. The van der Waals surface area contributed by atoms with Crippen molar-refractivity contribution >= 4 is 27.5 Å². The van der Waals surface area contributed by atoms with Gasteiger partial charge in [0.15, 0.2) is 0 Å². The standard InChI is InChI=1S/C25H29N3O2S/c1-17(29)26-19-15-20-8-9-21(16-19)28(20)12-13-30-22-10-6-18(7-11-22)14-25-27-23-4-2-3-5-24(23)31-25/h2-7,10-11,19-21H,8-9,12-16H2,1H3,(H,26,29)/t19-,20+,21-. The summed E-state index contributed by atoms with van der Waals surface area (Å²) in [5.41, 5.74) is 2.34. The zero-order chi connectivity index (χ0) is 21.2. The van der Waals surface area contributed by atoms with Gasteiger partial charge in [-0.2, -0.15) is 0 Å². The Morgan fingerprint density at radius 2 is 1.87 bits per heavy atom. The summed E-state index contributed by atoms with van der Waals surface area (Å²) in [4.78, 5) is 18.7. The number of thiazole rings is 1. The molecule has 0 radical (unpaired) electrons.